The molecule has 0 radical (unpaired) electrons. The molecular weight excluding hydrogens is 182 g/mol. The molecule has 2 rings (SSSR count). The van der Waals surface area contributed by atoms with Crippen LogP contribution in [-0.2, 0) is 0 Å². The number of aromatic nitrogens is 1. The van der Waals surface area contributed by atoms with Gasteiger partial charge in [-0.25, -0.2) is 0 Å². The first-order valence-electron chi connectivity index (χ1n) is 3.18. The van der Waals surface area contributed by atoms with Gasteiger partial charge in [0.1, 0.15) is 0 Å². The van der Waals surface area contributed by atoms with Gasteiger partial charge in [-0.1, -0.05) is 0 Å². The number of pyridine rings is 1. The van der Waals surface area contributed by atoms with E-state index in [-0.39, 0.29) is 11.0 Å². The van der Waals surface area contributed by atoms with E-state index in [9.17, 15) is 4.79 Å². The molecule has 0 spiro atoms. The first kappa shape index (κ1) is 7.24. The second-order valence-corrected chi connectivity index (χ2v) is 2.68. The van der Waals surface area contributed by atoms with Gasteiger partial charge in [-0.3, -0.25) is 4.79 Å². The number of furan rings is 1. The summed E-state index contributed by atoms with van der Waals surface area (Å²) in [4.78, 5) is 13.2. The highest BCUT2D eigenvalue weighted by Crippen LogP contribution is 2.21. The van der Waals surface area contributed by atoms with Crippen molar-refractivity contribution >= 4 is 22.7 Å². The number of hydrogen-bond acceptors (Lipinski definition) is 3. The standard InChI is InChI=1S/C7H4ClNO3/c8-6-1-3-5(12-6)2-4(10)7(11)9-3/h1-2,10H,(H,9,11). The Hall–Kier alpha value is -1.42. The van der Waals surface area contributed by atoms with Crippen LogP contribution in [0.2, 0.25) is 5.22 Å². The summed E-state index contributed by atoms with van der Waals surface area (Å²) in [6, 6.07) is 2.69. The van der Waals surface area contributed by atoms with E-state index >= 15 is 0 Å². The lowest BCUT2D eigenvalue weighted by Gasteiger charge is -1.88. The number of fused-ring (bicyclic) bond motifs is 1. The van der Waals surface area contributed by atoms with Crippen molar-refractivity contribution in [1.82, 2.24) is 4.98 Å². The van der Waals surface area contributed by atoms with Gasteiger partial charge in [0.25, 0.3) is 5.56 Å². The predicted molar refractivity (Wildman–Crippen MR) is 43.5 cm³/mol. The quantitative estimate of drug-likeness (QED) is 0.653. The highest BCUT2D eigenvalue weighted by Gasteiger charge is 2.05. The van der Waals surface area contributed by atoms with E-state index < -0.39 is 5.56 Å². The van der Waals surface area contributed by atoms with Crippen molar-refractivity contribution in [3.05, 3.63) is 27.7 Å². The fourth-order valence-electron chi connectivity index (χ4n) is 0.955. The summed E-state index contributed by atoms with van der Waals surface area (Å²) in [6.07, 6.45) is 0. The summed E-state index contributed by atoms with van der Waals surface area (Å²) in [7, 11) is 0. The fourth-order valence-corrected chi connectivity index (χ4v) is 1.15. The number of rotatable bonds is 0. The minimum absolute atomic E-state index is 0.172. The Kier molecular flexibility index (Phi) is 1.38. The molecule has 0 amide bonds. The van der Waals surface area contributed by atoms with E-state index in [0.717, 1.165) is 0 Å². The molecule has 2 heterocycles. The van der Waals surface area contributed by atoms with Gasteiger partial charge in [0, 0.05) is 12.1 Å². The lowest BCUT2D eigenvalue weighted by Crippen LogP contribution is -2.02. The van der Waals surface area contributed by atoms with Crippen LogP contribution in [0.1, 0.15) is 0 Å². The van der Waals surface area contributed by atoms with Gasteiger partial charge < -0.3 is 14.5 Å². The molecule has 0 saturated carbocycles. The molecule has 0 atom stereocenters. The van der Waals surface area contributed by atoms with Crippen LogP contribution in [0.3, 0.4) is 0 Å². The van der Waals surface area contributed by atoms with Gasteiger partial charge in [0.15, 0.2) is 16.6 Å². The molecule has 2 N–H and O–H groups in total. The highest BCUT2D eigenvalue weighted by molar-refractivity contribution is 6.29. The van der Waals surface area contributed by atoms with Gasteiger partial charge >= 0.3 is 0 Å². The van der Waals surface area contributed by atoms with E-state index in [2.05, 4.69) is 4.98 Å². The summed E-state index contributed by atoms with van der Waals surface area (Å²) in [5.74, 6) is -0.381. The van der Waals surface area contributed by atoms with Gasteiger partial charge in [-0.05, 0) is 11.6 Å². The molecule has 0 aromatic carbocycles. The molecule has 12 heavy (non-hydrogen) atoms. The Morgan fingerprint density at radius 3 is 3.00 bits per heavy atom. The van der Waals surface area contributed by atoms with Crippen molar-refractivity contribution < 1.29 is 9.52 Å². The third kappa shape index (κ3) is 0.967. The van der Waals surface area contributed by atoms with Crippen LogP contribution < -0.4 is 5.56 Å². The number of hydrogen-bond donors (Lipinski definition) is 2. The predicted octanol–water partition coefficient (Wildman–Crippen LogP) is 1.48. The van der Waals surface area contributed by atoms with Crippen LogP contribution >= 0.6 is 11.6 Å². The minimum Gasteiger partial charge on any atom is -0.503 e. The maximum Gasteiger partial charge on any atom is 0.290 e. The smallest absolute Gasteiger partial charge is 0.290 e. The van der Waals surface area contributed by atoms with Crippen LogP contribution in [0.4, 0.5) is 0 Å². The molecule has 0 unspecified atom stereocenters. The second-order valence-electron chi connectivity index (χ2n) is 2.31. The Labute approximate surface area is 71.4 Å². The van der Waals surface area contributed by atoms with Crippen molar-refractivity contribution in [2.24, 2.45) is 0 Å². The first-order chi connectivity index (χ1) is 5.66. The average molecular weight is 186 g/mol. The number of halogens is 1. The minimum atomic E-state index is -0.556. The highest BCUT2D eigenvalue weighted by atomic mass is 35.5. The maximum atomic E-state index is 10.9. The summed E-state index contributed by atoms with van der Waals surface area (Å²) < 4.78 is 4.94. The molecule has 2 aromatic rings. The van der Waals surface area contributed by atoms with Crippen LogP contribution in [0.15, 0.2) is 21.3 Å². The number of nitrogens with one attached hydrogen (secondary N) is 1. The van der Waals surface area contributed by atoms with Crippen molar-refractivity contribution in [2.75, 3.05) is 0 Å². The topological polar surface area (TPSA) is 66.2 Å². The first-order valence-corrected chi connectivity index (χ1v) is 3.56. The van der Waals surface area contributed by atoms with Crippen molar-refractivity contribution in [3.8, 4) is 5.75 Å². The third-order valence-electron chi connectivity index (χ3n) is 1.48. The van der Waals surface area contributed by atoms with E-state index in [1.165, 1.54) is 12.1 Å². The lowest BCUT2D eigenvalue weighted by molar-refractivity contribution is 0.466. The Bertz CT molecular complexity index is 485. The van der Waals surface area contributed by atoms with Gasteiger partial charge in [-0.2, -0.15) is 0 Å². The zero-order valence-electron chi connectivity index (χ0n) is 5.80. The number of H-pyrrole nitrogens is 1. The van der Waals surface area contributed by atoms with E-state index in [4.69, 9.17) is 21.1 Å². The Morgan fingerprint density at radius 2 is 2.25 bits per heavy atom. The van der Waals surface area contributed by atoms with Crippen LogP contribution in [-0.4, -0.2) is 10.1 Å². The molecule has 0 aliphatic heterocycles. The van der Waals surface area contributed by atoms with Crippen molar-refractivity contribution in [3.63, 3.8) is 0 Å². The SMILES string of the molecule is O=c1[nH]c2cc(Cl)oc2cc1O. The van der Waals surface area contributed by atoms with Crippen LogP contribution in [0.5, 0.6) is 5.75 Å². The fraction of sp³-hybridized carbons (Fsp3) is 0. The molecule has 5 heteroatoms. The molecule has 62 valence electrons. The molecule has 0 aliphatic rings. The number of aromatic hydroxyl groups is 1. The van der Waals surface area contributed by atoms with Gasteiger partial charge in [0.05, 0.1) is 5.52 Å². The molecule has 0 saturated heterocycles. The summed E-state index contributed by atoms with van der Waals surface area (Å²) in [5.41, 5.74) is 0.278. The molecule has 4 nitrogen and oxygen atoms in total. The van der Waals surface area contributed by atoms with Crippen molar-refractivity contribution in [1.29, 1.82) is 0 Å². The molecule has 0 bridgehead atoms. The Balaban J connectivity index is 2.92. The Morgan fingerprint density at radius 1 is 1.50 bits per heavy atom. The van der Waals surface area contributed by atoms with Gasteiger partial charge in [-0.15, -0.1) is 0 Å². The normalized spacial score (nSPS) is 10.8. The van der Waals surface area contributed by atoms with Gasteiger partial charge in [0.2, 0.25) is 0 Å². The molecule has 2 aromatic heterocycles. The maximum absolute atomic E-state index is 10.9. The molecule has 0 fully saturated rings. The molecule has 0 aliphatic carbocycles. The largest absolute Gasteiger partial charge is 0.503 e. The van der Waals surface area contributed by atoms with Crippen LogP contribution in [0, 0.1) is 0 Å². The summed E-state index contributed by atoms with van der Waals surface area (Å²) in [5, 5.41) is 9.15. The lowest BCUT2D eigenvalue weighted by atomic mass is 10.4. The summed E-state index contributed by atoms with van der Waals surface area (Å²) >= 11 is 5.52. The van der Waals surface area contributed by atoms with E-state index in [1.54, 1.807) is 0 Å². The monoisotopic (exact) mass is 185 g/mol. The van der Waals surface area contributed by atoms with Crippen LogP contribution in [0.25, 0.3) is 11.1 Å². The van der Waals surface area contributed by atoms with E-state index in [1.807, 2.05) is 0 Å². The molecular formula is C7H4ClNO3. The van der Waals surface area contributed by atoms with E-state index in [0.29, 0.717) is 11.1 Å². The zero-order chi connectivity index (χ0) is 8.72. The number of aromatic amines is 1. The second kappa shape index (κ2) is 2.28. The zero-order valence-corrected chi connectivity index (χ0v) is 6.55. The average Bonchev–Trinajstić information content (AvgIpc) is 2.30. The van der Waals surface area contributed by atoms with Crippen molar-refractivity contribution in [2.45, 2.75) is 0 Å². The summed E-state index contributed by atoms with van der Waals surface area (Å²) in [6.45, 7) is 0. The third-order valence-corrected chi connectivity index (χ3v) is 1.67.